The summed E-state index contributed by atoms with van der Waals surface area (Å²) in [6, 6.07) is 0. The lowest BCUT2D eigenvalue weighted by atomic mass is 9.44. The van der Waals surface area contributed by atoms with Crippen LogP contribution in [-0.2, 0) is 14.3 Å². The van der Waals surface area contributed by atoms with Crippen LogP contribution in [0.25, 0.3) is 0 Å². The summed E-state index contributed by atoms with van der Waals surface area (Å²) in [5, 5.41) is 0. The Labute approximate surface area is 171 Å². The number of hydrogen-bond donors (Lipinski definition) is 0. The summed E-state index contributed by atoms with van der Waals surface area (Å²) in [5.74, 6) is 5.01. The van der Waals surface area contributed by atoms with E-state index in [4.69, 9.17) is 4.74 Å². The Balaban J connectivity index is 1.49. The second-order valence-electron chi connectivity index (χ2n) is 11.2. The zero-order valence-corrected chi connectivity index (χ0v) is 18.5. The number of hydrogen-bond acceptors (Lipinski definition) is 3. The molecule has 8 atom stereocenters. The molecule has 0 spiro atoms. The summed E-state index contributed by atoms with van der Waals surface area (Å²) >= 11 is 0. The molecule has 0 aliphatic heterocycles. The van der Waals surface area contributed by atoms with E-state index in [-0.39, 0.29) is 5.97 Å². The van der Waals surface area contributed by atoms with Gasteiger partial charge in [0.15, 0.2) is 0 Å². The van der Waals surface area contributed by atoms with Crippen LogP contribution in [-0.4, -0.2) is 18.9 Å². The SMILES string of the molecule is COC(=[17O])CC[C@@H](C)[C@H]1CC[C@H]2[C@@H]3CC[C@@H]4CC(=[17O])CC[C@]4(C)[C@H]3CC[C@]12C. The fourth-order valence-electron chi connectivity index (χ4n) is 8.67. The third-order valence-corrected chi connectivity index (χ3v) is 10.3. The van der Waals surface area contributed by atoms with Crippen LogP contribution in [0.4, 0.5) is 0 Å². The molecule has 0 heterocycles. The maximum atomic E-state index is 12.1. The number of ketones is 1. The van der Waals surface area contributed by atoms with Gasteiger partial charge in [-0.05, 0) is 97.7 Å². The van der Waals surface area contributed by atoms with E-state index in [2.05, 4.69) is 20.8 Å². The van der Waals surface area contributed by atoms with Gasteiger partial charge in [-0.25, -0.2) is 0 Å². The van der Waals surface area contributed by atoms with E-state index in [0.717, 1.165) is 49.4 Å². The number of carbonyl (C=O) groups is 2. The van der Waals surface area contributed by atoms with Crippen molar-refractivity contribution in [3.63, 3.8) is 0 Å². The highest BCUT2D eigenvalue weighted by Gasteiger charge is 2.60. The van der Waals surface area contributed by atoms with Gasteiger partial charge in [0.1, 0.15) is 5.78 Å². The molecular formula is C25H40O3. The summed E-state index contributed by atoms with van der Waals surface area (Å²) in [7, 11) is 1.50. The van der Waals surface area contributed by atoms with Crippen LogP contribution in [0, 0.1) is 46.3 Å². The number of fused-ring (bicyclic) bond motifs is 5. The summed E-state index contributed by atoms with van der Waals surface area (Å²) in [6.45, 7) is 7.49. The second kappa shape index (κ2) is 7.43. The van der Waals surface area contributed by atoms with Crippen LogP contribution in [0.2, 0.25) is 0 Å². The van der Waals surface area contributed by atoms with Crippen LogP contribution in [0.3, 0.4) is 0 Å². The molecule has 0 radical (unpaired) electrons. The molecule has 4 rings (SSSR count). The van der Waals surface area contributed by atoms with E-state index >= 15 is 0 Å². The first kappa shape index (κ1) is 20.4. The summed E-state index contributed by atoms with van der Waals surface area (Å²) in [5.41, 5.74) is 0.858. The van der Waals surface area contributed by atoms with Gasteiger partial charge in [0.05, 0.1) is 7.11 Å². The van der Waals surface area contributed by atoms with Crippen LogP contribution in [0.15, 0.2) is 0 Å². The molecule has 0 aromatic carbocycles. The molecule has 4 fully saturated rings. The molecule has 0 aromatic rings. The van der Waals surface area contributed by atoms with Crippen LogP contribution < -0.4 is 0 Å². The third kappa shape index (κ3) is 3.16. The van der Waals surface area contributed by atoms with Crippen molar-refractivity contribution in [2.45, 2.75) is 91.4 Å². The molecule has 0 saturated heterocycles. The van der Waals surface area contributed by atoms with Gasteiger partial charge in [0.2, 0.25) is 0 Å². The van der Waals surface area contributed by atoms with Crippen molar-refractivity contribution in [3.05, 3.63) is 0 Å². The zero-order valence-electron chi connectivity index (χ0n) is 18.5. The average Bonchev–Trinajstić information content (AvgIpc) is 3.03. The normalized spacial score (nSPS) is 46.3. The number of Topliss-reactive ketones (excluding diaryl/α,β-unsaturated/α-hetero) is 1. The fourth-order valence-corrected chi connectivity index (χ4v) is 8.67. The molecule has 3 nitrogen and oxygen atoms in total. The fraction of sp³-hybridized carbons (Fsp3) is 0.920. The maximum Gasteiger partial charge on any atom is 0.305 e. The molecule has 0 N–H and O–H groups in total. The van der Waals surface area contributed by atoms with Crippen molar-refractivity contribution >= 4 is 11.8 Å². The Morgan fingerprint density at radius 3 is 2.57 bits per heavy atom. The Hall–Kier alpha value is -0.860. The molecule has 158 valence electrons. The highest BCUT2D eigenvalue weighted by molar-refractivity contribution is 5.79. The van der Waals surface area contributed by atoms with Gasteiger partial charge in [-0.1, -0.05) is 20.8 Å². The van der Waals surface area contributed by atoms with Crippen LogP contribution >= 0.6 is 0 Å². The second-order valence-corrected chi connectivity index (χ2v) is 11.2. The van der Waals surface area contributed by atoms with Gasteiger partial charge < -0.3 is 4.74 Å². The van der Waals surface area contributed by atoms with E-state index in [0.29, 0.717) is 34.9 Å². The number of rotatable bonds is 4. The molecule has 0 bridgehead atoms. The summed E-state index contributed by atoms with van der Waals surface area (Å²) in [6.07, 6.45) is 12.4. The third-order valence-electron chi connectivity index (χ3n) is 10.3. The van der Waals surface area contributed by atoms with Crippen molar-refractivity contribution in [1.82, 2.24) is 0 Å². The molecule has 4 aliphatic rings. The van der Waals surface area contributed by atoms with Crippen molar-refractivity contribution < 1.29 is 14.3 Å². The van der Waals surface area contributed by atoms with E-state index < -0.39 is 0 Å². The highest BCUT2D eigenvalue weighted by atomic mass is 17.1. The van der Waals surface area contributed by atoms with E-state index in [1.54, 1.807) is 0 Å². The van der Waals surface area contributed by atoms with Gasteiger partial charge >= 0.3 is 5.97 Å². The van der Waals surface area contributed by atoms with E-state index in [9.17, 15) is 9.59 Å². The molecule has 0 aromatic heterocycles. The molecule has 0 amide bonds. The number of methoxy groups -OCH3 is 1. The standard InChI is InChI=1S/C25H40O3/c1-16(5-10-23(27)28-4)20-8-9-21-19-7-6-17-15-18(26)11-13-24(17,2)22(19)12-14-25(20,21)3/h16-17,19-22H,5-15H2,1-4H3/t16-,17-,19+,20-,21+,22+,24+,25-/m1/s1/i26+1,27+1. The molecule has 28 heavy (non-hydrogen) atoms. The van der Waals surface area contributed by atoms with Crippen molar-refractivity contribution in [2.75, 3.05) is 7.11 Å². The lowest BCUT2D eigenvalue weighted by Gasteiger charge is -2.60. The monoisotopic (exact) mass is 390 g/mol. The quantitative estimate of drug-likeness (QED) is 0.569. The smallest absolute Gasteiger partial charge is 0.305 e. The van der Waals surface area contributed by atoms with Gasteiger partial charge in [0.25, 0.3) is 0 Å². The Morgan fingerprint density at radius 1 is 1.07 bits per heavy atom. The average molecular weight is 391 g/mol. The van der Waals surface area contributed by atoms with E-state index in [1.165, 1.54) is 45.6 Å². The number of esters is 1. The Bertz CT molecular complexity index is 627. The highest BCUT2D eigenvalue weighted by Crippen LogP contribution is 2.68. The summed E-state index contributed by atoms with van der Waals surface area (Å²) < 4.78 is 4.87. The number of ether oxygens (including phenoxy) is 1. The largest absolute Gasteiger partial charge is 0.469 e. The van der Waals surface area contributed by atoms with Crippen molar-refractivity contribution in [2.24, 2.45) is 46.3 Å². The predicted molar refractivity (Wildman–Crippen MR) is 111 cm³/mol. The van der Waals surface area contributed by atoms with Crippen LogP contribution in [0.1, 0.15) is 91.4 Å². The van der Waals surface area contributed by atoms with Gasteiger partial charge in [0, 0.05) is 19.3 Å². The summed E-state index contributed by atoms with van der Waals surface area (Å²) in [4.78, 5) is 23.7. The molecule has 3 heteroatoms. The van der Waals surface area contributed by atoms with Crippen molar-refractivity contribution in [1.29, 1.82) is 0 Å². The first-order valence-corrected chi connectivity index (χ1v) is 11.9. The minimum absolute atomic E-state index is 0.0617. The topological polar surface area (TPSA) is 43.4 Å². The minimum atomic E-state index is -0.0617. The van der Waals surface area contributed by atoms with Gasteiger partial charge in [-0.2, -0.15) is 0 Å². The van der Waals surface area contributed by atoms with E-state index in [1.807, 2.05) is 0 Å². The maximum absolute atomic E-state index is 12.1. The number of carbonyl (C=O) groups excluding carboxylic acids is 2. The lowest BCUT2D eigenvalue weighted by Crippen LogP contribution is -2.53. The van der Waals surface area contributed by atoms with Crippen LogP contribution in [0.5, 0.6) is 0 Å². The molecule has 4 aliphatic carbocycles. The minimum Gasteiger partial charge on any atom is -0.469 e. The van der Waals surface area contributed by atoms with Gasteiger partial charge in [-0.3, -0.25) is 9.59 Å². The zero-order chi connectivity index (χ0) is 20.1. The Kier molecular flexibility index (Phi) is 5.42. The Morgan fingerprint density at radius 2 is 1.82 bits per heavy atom. The van der Waals surface area contributed by atoms with Gasteiger partial charge in [-0.15, -0.1) is 0 Å². The van der Waals surface area contributed by atoms with Crippen molar-refractivity contribution in [3.8, 4) is 0 Å². The lowest BCUT2D eigenvalue weighted by molar-refractivity contribution is -0.141. The molecule has 0 unspecified atom stereocenters. The molecular weight excluding hydrogens is 350 g/mol. The molecule has 4 saturated carbocycles. The predicted octanol–water partition coefficient (Wildman–Crippen LogP) is 5.80. The first-order valence-electron chi connectivity index (χ1n) is 11.9. The first-order chi connectivity index (χ1) is 13.3.